The standard InChI is InChI=1S/C20H34N6O/c1-15(16-3-4-16)26-14-18(13-21-26)23-20(27)22-17-5-11-25(12-6-17)19-7-9-24(2)10-8-19/h13-17,19H,3-12H2,1-2H3,(H2,22,23,27)/t15-/m0/s1. The van der Waals surface area contributed by atoms with Gasteiger partial charge in [-0.1, -0.05) is 0 Å². The number of rotatable bonds is 5. The van der Waals surface area contributed by atoms with Crippen LogP contribution in [0, 0.1) is 5.92 Å². The maximum absolute atomic E-state index is 12.3. The Hall–Kier alpha value is -1.60. The molecule has 0 bridgehead atoms. The molecule has 2 N–H and O–H groups in total. The highest BCUT2D eigenvalue weighted by atomic mass is 16.2. The van der Waals surface area contributed by atoms with Gasteiger partial charge in [-0.05, 0) is 71.5 Å². The van der Waals surface area contributed by atoms with Crippen molar-refractivity contribution in [3.05, 3.63) is 12.4 Å². The average molecular weight is 375 g/mol. The first kappa shape index (κ1) is 18.7. The van der Waals surface area contributed by atoms with Gasteiger partial charge in [0.05, 0.1) is 17.9 Å². The molecule has 2 amide bonds. The lowest BCUT2D eigenvalue weighted by Crippen LogP contribution is -2.51. The van der Waals surface area contributed by atoms with Crippen molar-refractivity contribution in [2.24, 2.45) is 5.92 Å². The Morgan fingerprint density at radius 1 is 1.11 bits per heavy atom. The molecule has 2 saturated heterocycles. The van der Waals surface area contributed by atoms with Crippen LogP contribution in [0.2, 0.25) is 0 Å². The molecular weight excluding hydrogens is 340 g/mol. The number of nitrogens with one attached hydrogen (secondary N) is 2. The Balaban J connectivity index is 1.19. The number of aromatic nitrogens is 2. The van der Waals surface area contributed by atoms with Gasteiger partial charge in [0.25, 0.3) is 0 Å². The lowest BCUT2D eigenvalue weighted by Gasteiger charge is -2.41. The van der Waals surface area contributed by atoms with Gasteiger partial charge in [-0.15, -0.1) is 0 Å². The molecule has 3 fully saturated rings. The molecule has 0 unspecified atom stereocenters. The molecular formula is C20H34N6O. The van der Waals surface area contributed by atoms with E-state index in [1.807, 2.05) is 10.9 Å². The third-order valence-electron chi connectivity index (χ3n) is 6.65. The van der Waals surface area contributed by atoms with Gasteiger partial charge in [0.15, 0.2) is 0 Å². The lowest BCUT2D eigenvalue weighted by molar-refractivity contribution is 0.0938. The zero-order valence-electron chi connectivity index (χ0n) is 16.7. The first-order valence-corrected chi connectivity index (χ1v) is 10.6. The number of amides is 2. The number of carbonyl (C=O) groups is 1. The highest BCUT2D eigenvalue weighted by Gasteiger charge is 2.30. The van der Waals surface area contributed by atoms with E-state index in [0.29, 0.717) is 6.04 Å². The fourth-order valence-corrected chi connectivity index (χ4v) is 4.54. The number of piperidine rings is 2. The van der Waals surface area contributed by atoms with Crippen molar-refractivity contribution in [1.82, 2.24) is 24.9 Å². The van der Waals surface area contributed by atoms with E-state index < -0.39 is 0 Å². The van der Waals surface area contributed by atoms with Crippen molar-refractivity contribution in [2.45, 2.75) is 63.6 Å². The van der Waals surface area contributed by atoms with E-state index >= 15 is 0 Å². The Morgan fingerprint density at radius 3 is 2.48 bits per heavy atom. The maximum Gasteiger partial charge on any atom is 0.319 e. The van der Waals surface area contributed by atoms with E-state index in [1.54, 1.807) is 6.20 Å². The molecule has 27 heavy (non-hydrogen) atoms. The average Bonchev–Trinajstić information content (AvgIpc) is 3.42. The zero-order chi connectivity index (χ0) is 18.8. The van der Waals surface area contributed by atoms with Gasteiger partial charge >= 0.3 is 6.03 Å². The molecule has 0 radical (unpaired) electrons. The molecule has 3 aliphatic rings. The Morgan fingerprint density at radius 2 is 1.81 bits per heavy atom. The number of hydrogen-bond donors (Lipinski definition) is 2. The second-order valence-corrected chi connectivity index (χ2v) is 8.73. The molecule has 4 rings (SSSR count). The summed E-state index contributed by atoms with van der Waals surface area (Å²) in [5, 5.41) is 10.5. The second-order valence-electron chi connectivity index (χ2n) is 8.73. The summed E-state index contributed by atoms with van der Waals surface area (Å²) in [7, 11) is 2.21. The maximum atomic E-state index is 12.3. The SMILES string of the molecule is C[C@@H](C1CC1)n1cc(NC(=O)NC2CCN(C3CCN(C)CC3)CC2)cn1. The number of nitrogens with zero attached hydrogens (tertiary/aromatic N) is 4. The van der Waals surface area contributed by atoms with E-state index in [9.17, 15) is 4.79 Å². The molecule has 2 aliphatic heterocycles. The first-order chi connectivity index (χ1) is 13.1. The Labute approximate surface area is 162 Å². The summed E-state index contributed by atoms with van der Waals surface area (Å²) in [4.78, 5) is 17.4. The van der Waals surface area contributed by atoms with Gasteiger partial charge in [-0.3, -0.25) is 4.68 Å². The van der Waals surface area contributed by atoms with Crippen molar-refractivity contribution in [3.63, 3.8) is 0 Å². The van der Waals surface area contributed by atoms with Crippen LogP contribution in [-0.4, -0.2) is 70.9 Å². The van der Waals surface area contributed by atoms with Crippen LogP contribution in [0.1, 0.15) is 51.5 Å². The van der Waals surface area contributed by atoms with Crippen molar-refractivity contribution in [2.75, 3.05) is 38.5 Å². The predicted molar refractivity (Wildman–Crippen MR) is 107 cm³/mol. The first-order valence-electron chi connectivity index (χ1n) is 10.6. The normalized spacial score (nSPS) is 24.7. The van der Waals surface area contributed by atoms with E-state index in [4.69, 9.17) is 0 Å². The summed E-state index contributed by atoms with van der Waals surface area (Å²) in [6.45, 7) is 6.80. The molecule has 1 aromatic heterocycles. The summed E-state index contributed by atoms with van der Waals surface area (Å²) in [5.41, 5.74) is 0.781. The molecule has 1 atom stereocenters. The van der Waals surface area contributed by atoms with E-state index in [0.717, 1.165) is 43.6 Å². The van der Waals surface area contributed by atoms with Crippen molar-refractivity contribution >= 4 is 11.7 Å². The minimum Gasteiger partial charge on any atom is -0.335 e. The molecule has 0 spiro atoms. The summed E-state index contributed by atoms with van der Waals surface area (Å²) in [5.74, 6) is 0.751. The largest absolute Gasteiger partial charge is 0.335 e. The molecule has 7 heteroatoms. The van der Waals surface area contributed by atoms with Gasteiger partial charge in [0, 0.05) is 31.4 Å². The summed E-state index contributed by atoms with van der Waals surface area (Å²) >= 11 is 0. The lowest BCUT2D eigenvalue weighted by atomic mass is 9.98. The highest BCUT2D eigenvalue weighted by Crippen LogP contribution is 2.39. The van der Waals surface area contributed by atoms with Crippen LogP contribution in [0.15, 0.2) is 12.4 Å². The molecule has 1 aliphatic carbocycles. The number of anilines is 1. The minimum atomic E-state index is -0.105. The van der Waals surface area contributed by atoms with Gasteiger partial charge in [-0.25, -0.2) is 4.79 Å². The van der Waals surface area contributed by atoms with E-state index in [-0.39, 0.29) is 12.1 Å². The van der Waals surface area contributed by atoms with Crippen LogP contribution >= 0.6 is 0 Å². The number of carbonyl (C=O) groups excluding carboxylic acids is 1. The topological polar surface area (TPSA) is 65.4 Å². The Kier molecular flexibility index (Phi) is 5.68. The minimum absolute atomic E-state index is 0.105. The molecule has 150 valence electrons. The summed E-state index contributed by atoms with van der Waals surface area (Å²) < 4.78 is 1.98. The predicted octanol–water partition coefficient (Wildman–Crippen LogP) is 2.53. The fraction of sp³-hybridized carbons (Fsp3) is 0.800. The molecule has 1 saturated carbocycles. The van der Waals surface area contributed by atoms with Gasteiger partial charge in [0.2, 0.25) is 0 Å². The number of urea groups is 1. The van der Waals surface area contributed by atoms with Gasteiger partial charge < -0.3 is 20.4 Å². The van der Waals surface area contributed by atoms with Crippen molar-refractivity contribution in [3.8, 4) is 0 Å². The number of hydrogen-bond acceptors (Lipinski definition) is 4. The van der Waals surface area contributed by atoms with Crippen LogP contribution in [0.3, 0.4) is 0 Å². The Bertz CT molecular complexity index is 626. The van der Waals surface area contributed by atoms with Crippen molar-refractivity contribution in [1.29, 1.82) is 0 Å². The van der Waals surface area contributed by atoms with Gasteiger partial charge in [-0.2, -0.15) is 5.10 Å². The third-order valence-corrected chi connectivity index (χ3v) is 6.65. The zero-order valence-corrected chi connectivity index (χ0v) is 16.7. The number of likely N-dealkylation sites (tertiary alicyclic amines) is 2. The highest BCUT2D eigenvalue weighted by molar-refractivity contribution is 5.89. The van der Waals surface area contributed by atoms with Crippen LogP contribution in [0.25, 0.3) is 0 Å². The second kappa shape index (κ2) is 8.19. The molecule has 0 aromatic carbocycles. The molecule has 1 aromatic rings. The van der Waals surface area contributed by atoms with Crippen LogP contribution in [0.4, 0.5) is 10.5 Å². The quantitative estimate of drug-likeness (QED) is 0.831. The van der Waals surface area contributed by atoms with E-state index in [1.165, 1.54) is 38.8 Å². The smallest absolute Gasteiger partial charge is 0.319 e. The van der Waals surface area contributed by atoms with Crippen molar-refractivity contribution < 1.29 is 4.79 Å². The fourth-order valence-electron chi connectivity index (χ4n) is 4.54. The van der Waals surface area contributed by atoms with Crippen LogP contribution in [0.5, 0.6) is 0 Å². The van der Waals surface area contributed by atoms with Crippen LogP contribution in [-0.2, 0) is 0 Å². The van der Waals surface area contributed by atoms with Gasteiger partial charge in [0.1, 0.15) is 0 Å². The monoisotopic (exact) mass is 374 g/mol. The van der Waals surface area contributed by atoms with E-state index in [2.05, 4.69) is 39.5 Å². The molecule has 7 nitrogen and oxygen atoms in total. The summed E-state index contributed by atoms with van der Waals surface area (Å²) in [6, 6.07) is 1.32. The molecule has 3 heterocycles. The summed E-state index contributed by atoms with van der Waals surface area (Å²) in [6.07, 6.45) is 10.9. The van der Waals surface area contributed by atoms with Crippen LogP contribution < -0.4 is 10.6 Å². The third kappa shape index (κ3) is 4.82.